The lowest BCUT2D eigenvalue weighted by atomic mass is 10.1. The number of urea groups is 1. The number of nitrogens with one attached hydrogen (secondary N) is 2. The van der Waals surface area contributed by atoms with Gasteiger partial charge in [0.15, 0.2) is 12.0 Å². The topological polar surface area (TPSA) is 120 Å². The van der Waals surface area contributed by atoms with Crippen molar-refractivity contribution >= 4 is 17.9 Å². The number of β-amino-alcohol motifs (C(OH)–C–C–N with tert-alkyl or cyclic N) is 1. The van der Waals surface area contributed by atoms with E-state index in [0.717, 1.165) is 12.0 Å². The number of ether oxygens (including phenoxy) is 1. The van der Waals surface area contributed by atoms with Crippen molar-refractivity contribution in [1.82, 2.24) is 20.4 Å². The van der Waals surface area contributed by atoms with Crippen LogP contribution in [0.25, 0.3) is 0 Å². The highest BCUT2D eigenvalue weighted by Gasteiger charge is 2.50. The molecule has 170 valence electrons. The van der Waals surface area contributed by atoms with E-state index in [0.29, 0.717) is 17.5 Å². The van der Waals surface area contributed by atoms with Crippen LogP contribution in [0.4, 0.5) is 4.79 Å². The van der Waals surface area contributed by atoms with Gasteiger partial charge >= 0.3 is 6.03 Å². The molecule has 1 aromatic heterocycles. The first-order chi connectivity index (χ1) is 15.5. The molecule has 0 saturated carbocycles. The molecule has 2 saturated heterocycles. The van der Waals surface area contributed by atoms with Gasteiger partial charge in [-0.1, -0.05) is 19.1 Å². The van der Waals surface area contributed by atoms with Crippen LogP contribution in [0, 0.1) is 0 Å². The second-order valence-electron chi connectivity index (χ2n) is 7.78. The Kier molecular flexibility index (Phi) is 6.31. The maximum Gasteiger partial charge on any atom is 0.325 e. The Morgan fingerprint density at radius 2 is 2.12 bits per heavy atom. The van der Waals surface area contributed by atoms with Crippen LogP contribution in [0.2, 0.25) is 0 Å². The number of likely N-dealkylation sites (N-methyl/N-ethyl adjacent to an activating group) is 1. The summed E-state index contributed by atoms with van der Waals surface area (Å²) in [5.74, 6) is 1.29. The molecule has 3 unspecified atom stereocenters. The van der Waals surface area contributed by atoms with Crippen LogP contribution in [0.3, 0.4) is 0 Å². The van der Waals surface area contributed by atoms with Gasteiger partial charge in [0.05, 0.1) is 12.8 Å². The molecule has 10 nitrogen and oxygen atoms in total. The quantitative estimate of drug-likeness (QED) is 0.557. The van der Waals surface area contributed by atoms with Crippen LogP contribution >= 0.6 is 0 Å². The maximum atomic E-state index is 12.6. The molecule has 3 amide bonds. The van der Waals surface area contributed by atoms with Crippen LogP contribution in [-0.4, -0.2) is 71.3 Å². The number of furan rings is 1. The Morgan fingerprint density at radius 3 is 2.88 bits per heavy atom. The lowest BCUT2D eigenvalue weighted by molar-refractivity contribution is -0.127. The summed E-state index contributed by atoms with van der Waals surface area (Å²) in [4.78, 5) is 32.3. The van der Waals surface area contributed by atoms with Gasteiger partial charge in [0.2, 0.25) is 0 Å². The zero-order chi connectivity index (χ0) is 22.7. The number of hydrogen-bond acceptors (Lipinski definition) is 6. The second kappa shape index (κ2) is 9.31. The molecule has 4 rings (SSSR count). The maximum absolute atomic E-state index is 12.6. The Bertz CT molecular complexity index is 992. The summed E-state index contributed by atoms with van der Waals surface area (Å²) in [6, 6.07) is 10.0. The van der Waals surface area contributed by atoms with Gasteiger partial charge in [0, 0.05) is 7.05 Å². The van der Waals surface area contributed by atoms with E-state index in [-0.39, 0.29) is 19.7 Å². The number of guanidine groups is 1. The van der Waals surface area contributed by atoms with Crippen LogP contribution in [-0.2, 0) is 17.8 Å². The van der Waals surface area contributed by atoms with Gasteiger partial charge < -0.3 is 29.4 Å². The molecular weight excluding hydrogens is 414 g/mol. The van der Waals surface area contributed by atoms with E-state index in [4.69, 9.17) is 9.15 Å². The zero-order valence-electron chi connectivity index (χ0n) is 18.0. The Balaban J connectivity index is 1.48. The number of rotatable bonds is 8. The monoisotopic (exact) mass is 441 g/mol. The molecule has 2 aromatic rings. The molecule has 3 heterocycles. The van der Waals surface area contributed by atoms with Gasteiger partial charge in [-0.25, -0.2) is 9.79 Å². The fourth-order valence-corrected chi connectivity index (χ4v) is 3.80. The summed E-state index contributed by atoms with van der Waals surface area (Å²) in [5, 5.41) is 16.2. The van der Waals surface area contributed by atoms with E-state index in [1.165, 1.54) is 4.90 Å². The predicted molar refractivity (Wildman–Crippen MR) is 116 cm³/mol. The number of aliphatic imine (C=N–C) groups is 1. The molecule has 1 aromatic carbocycles. The molecule has 0 aliphatic carbocycles. The second-order valence-corrected chi connectivity index (χ2v) is 7.78. The standard InChI is InChI=1S/C22H27N5O5/c1-3-14-6-4-7-16(10-14)32-13-15(28)12-27-18-19(26(2)22(30)25-20(18)29)24-21(27)23-11-17-8-5-9-31-17/h4-10,15,18-19,28H,3,11-13H2,1-2H3,(H,23,24)(H,25,29,30). The highest BCUT2D eigenvalue weighted by Crippen LogP contribution is 2.22. The Hall–Kier alpha value is -3.53. The van der Waals surface area contributed by atoms with Gasteiger partial charge in [0.25, 0.3) is 5.91 Å². The summed E-state index contributed by atoms with van der Waals surface area (Å²) in [6.07, 6.45) is 0.953. The summed E-state index contributed by atoms with van der Waals surface area (Å²) in [7, 11) is 1.60. The predicted octanol–water partition coefficient (Wildman–Crippen LogP) is 0.919. The largest absolute Gasteiger partial charge is 0.491 e. The number of imide groups is 1. The summed E-state index contributed by atoms with van der Waals surface area (Å²) < 4.78 is 11.1. The van der Waals surface area contributed by atoms with Gasteiger partial charge in [-0.2, -0.15) is 0 Å². The van der Waals surface area contributed by atoms with E-state index in [1.54, 1.807) is 30.3 Å². The van der Waals surface area contributed by atoms with Crippen molar-refractivity contribution < 1.29 is 23.8 Å². The van der Waals surface area contributed by atoms with E-state index >= 15 is 0 Å². The smallest absolute Gasteiger partial charge is 0.325 e. The summed E-state index contributed by atoms with van der Waals surface area (Å²) in [5.41, 5.74) is 1.14. The van der Waals surface area contributed by atoms with Crippen molar-refractivity contribution in [3.63, 3.8) is 0 Å². The van der Waals surface area contributed by atoms with Gasteiger partial charge in [-0.15, -0.1) is 0 Å². The van der Waals surface area contributed by atoms with Crippen molar-refractivity contribution in [2.24, 2.45) is 4.99 Å². The number of carbonyl (C=O) groups is 2. The minimum absolute atomic E-state index is 0.0446. The number of fused-ring (bicyclic) bond motifs is 1. The number of carbonyl (C=O) groups excluding carboxylic acids is 2. The van der Waals surface area contributed by atoms with Gasteiger partial charge in [-0.3, -0.25) is 10.1 Å². The normalized spacial score (nSPS) is 22.5. The van der Waals surface area contributed by atoms with Crippen molar-refractivity contribution in [1.29, 1.82) is 0 Å². The molecule has 0 spiro atoms. The third-order valence-electron chi connectivity index (χ3n) is 5.54. The lowest BCUT2D eigenvalue weighted by Gasteiger charge is -2.35. The number of aliphatic hydroxyl groups is 1. The first kappa shape index (κ1) is 21.7. The molecule has 2 fully saturated rings. The van der Waals surface area contributed by atoms with Crippen molar-refractivity contribution in [2.45, 2.75) is 38.2 Å². The summed E-state index contributed by atoms with van der Waals surface area (Å²) >= 11 is 0. The molecule has 3 atom stereocenters. The van der Waals surface area contributed by atoms with E-state index in [2.05, 4.69) is 22.5 Å². The van der Waals surface area contributed by atoms with E-state index in [1.807, 2.05) is 24.3 Å². The fourth-order valence-electron chi connectivity index (χ4n) is 3.80. The first-order valence-electron chi connectivity index (χ1n) is 10.5. The molecule has 32 heavy (non-hydrogen) atoms. The molecule has 0 bridgehead atoms. The third kappa shape index (κ3) is 4.54. The van der Waals surface area contributed by atoms with E-state index in [9.17, 15) is 14.7 Å². The van der Waals surface area contributed by atoms with Crippen LogP contribution in [0.15, 0.2) is 52.1 Å². The minimum Gasteiger partial charge on any atom is -0.491 e. The van der Waals surface area contributed by atoms with Crippen LogP contribution < -0.4 is 15.4 Å². The number of aryl methyl sites for hydroxylation is 1. The van der Waals surface area contributed by atoms with Crippen molar-refractivity contribution in [3.05, 3.63) is 54.0 Å². The Labute approximate surface area is 185 Å². The SMILES string of the molecule is CCc1cccc(OCC(O)CN2C(=NCc3ccco3)NC3C2C(=O)NC(=O)N3C)c1. The molecule has 0 radical (unpaired) electrons. The highest BCUT2D eigenvalue weighted by atomic mass is 16.5. The highest BCUT2D eigenvalue weighted by molar-refractivity contribution is 6.04. The van der Waals surface area contributed by atoms with Gasteiger partial charge in [0.1, 0.15) is 36.9 Å². The van der Waals surface area contributed by atoms with Crippen molar-refractivity contribution in [3.8, 4) is 5.75 Å². The third-order valence-corrected chi connectivity index (χ3v) is 5.54. The zero-order valence-corrected chi connectivity index (χ0v) is 18.0. The number of nitrogens with zero attached hydrogens (tertiary/aromatic N) is 3. The average molecular weight is 441 g/mol. The van der Waals surface area contributed by atoms with Crippen LogP contribution in [0.5, 0.6) is 5.75 Å². The lowest BCUT2D eigenvalue weighted by Crippen LogP contribution is -2.65. The number of amides is 3. The number of aliphatic hydroxyl groups excluding tert-OH is 1. The summed E-state index contributed by atoms with van der Waals surface area (Å²) in [6.45, 7) is 2.45. The molecule has 10 heteroatoms. The van der Waals surface area contributed by atoms with Crippen molar-refractivity contribution in [2.75, 3.05) is 20.2 Å². The number of hydrogen-bond donors (Lipinski definition) is 3. The average Bonchev–Trinajstić information content (AvgIpc) is 3.43. The molecular formula is C22H27N5O5. The number of benzene rings is 1. The molecule has 2 aliphatic heterocycles. The van der Waals surface area contributed by atoms with Crippen LogP contribution in [0.1, 0.15) is 18.2 Å². The Morgan fingerprint density at radius 1 is 1.28 bits per heavy atom. The fraction of sp³-hybridized carbons (Fsp3) is 0.409. The van der Waals surface area contributed by atoms with E-state index < -0.39 is 30.2 Å². The first-order valence-corrected chi connectivity index (χ1v) is 10.5. The minimum atomic E-state index is -0.898. The molecule has 2 aliphatic rings. The van der Waals surface area contributed by atoms with Gasteiger partial charge in [-0.05, 0) is 36.2 Å². The molecule has 3 N–H and O–H groups in total.